The standard InChI is InChI=1S/C26H24N2O2/c1-4-19-11-14-21(15-12-19)27-24-23(20-13-10-17(2)18(3)16-20)25(29)28(26(24)30)22-8-6-5-7-9-22/h5-16,27H,4H2,1-3H3. The highest BCUT2D eigenvalue weighted by molar-refractivity contribution is 6.46. The molecule has 30 heavy (non-hydrogen) atoms. The number of benzene rings is 3. The third-order valence-electron chi connectivity index (χ3n) is 5.53. The van der Waals surface area contributed by atoms with Crippen molar-refractivity contribution in [3.8, 4) is 0 Å². The molecule has 150 valence electrons. The van der Waals surface area contributed by atoms with Crippen LogP contribution in [0.3, 0.4) is 0 Å². The Balaban J connectivity index is 1.81. The van der Waals surface area contributed by atoms with E-state index in [1.165, 1.54) is 10.5 Å². The highest BCUT2D eigenvalue weighted by Crippen LogP contribution is 2.34. The fourth-order valence-electron chi connectivity index (χ4n) is 3.59. The molecule has 1 heterocycles. The van der Waals surface area contributed by atoms with E-state index in [1.54, 1.807) is 12.1 Å². The summed E-state index contributed by atoms with van der Waals surface area (Å²) in [5, 5.41) is 3.22. The summed E-state index contributed by atoms with van der Waals surface area (Å²) in [4.78, 5) is 28.0. The number of carbonyl (C=O) groups is 2. The average molecular weight is 396 g/mol. The quantitative estimate of drug-likeness (QED) is 0.598. The number of nitrogens with zero attached hydrogens (tertiary/aromatic N) is 1. The Morgan fingerprint density at radius 3 is 2.13 bits per heavy atom. The maximum atomic E-state index is 13.4. The minimum absolute atomic E-state index is 0.302. The molecule has 4 heteroatoms. The number of imide groups is 1. The van der Waals surface area contributed by atoms with Gasteiger partial charge >= 0.3 is 0 Å². The Kier molecular flexibility index (Phi) is 5.23. The molecule has 0 aliphatic carbocycles. The Morgan fingerprint density at radius 2 is 1.50 bits per heavy atom. The number of nitrogens with one attached hydrogen (secondary N) is 1. The second-order valence-corrected chi connectivity index (χ2v) is 7.51. The molecule has 1 aliphatic rings. The van der Waals surface area contributed by atoms with Gasteiger partial charge in [0.2, 0.25) is 0 Å². The Hall–Kier alpha value is -3.66. The van der Waals surface area contributed by atoms with E-state index in [1.807, 2.05) is 74.5 Å². The largest absolute Gasteiger partial charge is 0.350 e. The molecule has 3 aromatic rings. The lowest BCUT2D eigenvalue weighted by molar-refractivity contribution is -0.120. The van der Waals surface area contributed by atoms with Crippen molar-refractivity contribution in [1.82, 2.24) is 0 Å². The van der Waals surface area contributed by atoms with Gasteiger partial charge < -0.3 is 5.32 Å². The third kappa shape index (κ3) is 3.52. The van der Waals surface area contributed by atoms with E-state index in [-0.39, 0.29) is 11.8 Å². The summed E-state index contributed by atoms with van der Waals surface area (Å²) in [7, 11) is 0. The lowest BCUT2D eigenvalue weighted by Gasteiger charge is -2.15. The number of aryl methyl sites for hydroxylation is 3. The van der Waals surface area contributed by atoms with Crippen LogP contribution in [0.1, 0.15) is 29.2 Å². The minimum atomic E-state index is -0.348. The van der Waals surface area contributed by atoms with E-state index < -0.39 is 0 Å². The summed E-state index contributed by atoms with van der Waals surface area (Å²) in [5.41, 5.74) is 6.20. The van der Waals surface area contributed by atoms with Gasteiger partial charge in [-0.15, -0.1) is 0 Å². The van der Waals surface area contributed by atoms with E-state index in [4.69, 9.17) is 0 Å². The summed E-state index contributed by atoms with van der Waals surface area (Å²) in [6, 6.07) is 22.8. The van der Waals surface area contributed by atoms with Crippen molar-refractivity contribution in [3.63, 3.8) is 0 Å². The van der Waals surface area contributed by atoms with Gasteiger partial charge in [0.25, 0.3) is 11.8 Å². The van der Waals surface area contributed by atoms with Gasteiger partial charge in [-0.1, -0.05) is 55.5 Å². The molecule has 4 rings (SSSR count). The molecule has 0 atom stereocenters. The second kappa shape index (κ2) is 7.99. The van der Waals surface area contributed by atoms with Gasteiger partial charge in [0.15, 0.2) is 0 Å². The van der Waals surface area contributed by atoms with Crippen LogP contribution < -0.4 is 10.2 Å². The first-order chi connectivity index (χ1) is 14.5. The lowest BCUT2D eigenvalue weighted by Crippen LogP contribution is -2.32. The smallest absolute Gasteiger partial charge is 0.282 e. The molecule has 0 spiro atoms. The van der Waals surface area contributed by atoms with Gasteiger partial charge in [-0.05, 0) is 66.8 Å². The second-order valence-electron chi connectivity index (χ2n) is 7.51. The maximum absolute atomic E-state index is 13.4. The van der Waals surface area contributed by atoms with Crippen LogP contribution in [-0.2, 0) is 16.0 Å². The summed E-state index contributed by atoms with van der Waals surface area (Å²) in [5.74, 6) is -0.666. The lowest BCUT2D eigenvalue weighted by atomic mass is 9.99. The number of anilines is 2. The third-order valence-corrected chi connectivity index (χ3v) is 5.53. The van der Waals surface area contributed by atoms with Crippen molar-refractivity contribution in [1.29, 1.82) is 0 Å². The van der Waals surface area contributed by atoms with Gasteiger partial charge in [-0.3, -0.25) is 9.59 Å². The molecule has 4 nitrogen and oxygen atoms in total. The van der Waals surface area contributed by atoms with Crippen molar-refractivity contribution < 1.29 is 9.59 Å². The van der Waals surface area contributed by atoms with Crippen LogP contribution in [0.2, 0.25) is 0 Å². The van der Waals surface area contributed by atoms with Crippen LogP contribution in [0.25, 0.3) is 5.57 Å². The zero-order valence-corrected chi connectivity index (χ0v) is 17.4. The van der Waals surface area contributed by atoms with Gasteiger partial charge in [0.05, 0.1) is 11.3 Å². The van der Waals surface area contributed by atoms with E-state index in [9.17, 15) is 9.59 Å². The molecule has 1 aliphatic heterocycles. The molecule has 0 fully saturated rings. The van der Waals surface area contributed by atoms with Crippen LogP contribution in [0.5, 0.6) is 0 Å². The van der Waals surface area contributed by atoms with E-state index in [0.717, 1.165) is 28.8 Å². The van der Waals surface area contributed by atoms with Crippen molar-refractivity contribution in [3.05, 3.63) is 101 Å². The summed E-state index contributed by atoms with van der Waals surface area (Å²) >= 11 is 0. The van der Waals surface area contributed by atoms with Crippen molar-refractivity contribution in [2.24, 2.45) is 0 Å². The van der Waals surface area contributed by atoms with E-state index in [2.05, 4.69) is 12.2 Å². The SMILES string of the molecule is CCc1ccc(NC2=C(c3ccc(C)c(C)c3)C(=O)N(c3ccccc3)C2=O)cc1. The van der Waals surface area contributed by atoms with Gasteiger partial charge in [-0.25, -0.2) is 4.90 Å². The van der Waals surface area contributed by atoms with Crippen LogP contribution in [0.4, 0.5) is 11.4 Å². The van der Waals surface area contributed by atoms with Crippen molar-refractivity contribution >= 4 is 28.8 Å². The topological polar surface area (TPSA) is 49.4 Å². The Labute approximate surface area is 176 Å². The summed E-state index contributed by atoms with van der Waals surface area (Å²) in [6.45, 7) is 6.13. The van der Waals surface area contributed by atoms with Crippen LogP contribution in [0, 0.1) is 13.8 Å². The molecule has 0 bridgehead atoms. The highest BCUT2D eigenvalue weighted by Gasteiger charge is 2.40. The zero-order valence-electron chi connectivity index (χ0n) is 17.4. The van der Waals surface area contributed by atoms with Crippen LogP contribution >= 0.6 is 0 Å². The van der Waals surface area contributed by atoms with Crippen molar-refractivity contribution in [2.75, 3.05) is 10.2 Å². The number of amides is 2. The zero-order chi connectivity index (χ0) is 21.3. The average Bonchev–Trinajstić information content (AvgIpc) is 3.01. The molecule has 0 aromatic heterocycles. The van der Waals surface area contributed by atoms with Gasteiger partial charge in [0, 0.05) is 5.69 Å². The summed E-state index contributed by atoms with van der Waals surface area (Å²) in [6.07, 6.45) is 0.941. The van der Waals surface area contributed by atoms with Gasteiger partial charge in [-0.2, -0.15) is 0 Å². The molecular formula is C26H24N2O2. The number of hydrogen-bond acceptors (Lipinski definition) is 3. The fourth-order valence-corrected chi connectivity index (χ4v) is 3.59. The number of para-hydroxylation sites is 1. The molecule has 2 amide bonds. The van der Waals surface area contributed by atoms with Crippen molar-refractivity contribution in [2.45, 2.75) is 27.2 Å². The monoisotopic (exact) mass is 396 g/mol. The van der Waals surface area contributed by atoms with E-state index >= 15 is 0 Å². The number of hydrogen-bond donors (Lipinski definition) is 1. The fraction of sp³-hybridized carbons (Fsp3) is 0.154. The minimum Gasteiger partial charge on any atom is -0.350 e. The molecule has 0 saturated carbocycles. The molecule has 0 radical (unpaired) electrons. The predicted molar refractivity (Wildman–Crippen MR) is 121 cm³/mol. The van der Waals surface area contributed by atoms with E-state index in [0.29, 0.717) is 17.0 Å². The predicted octanol–water partition coefficient (Wildman–Crippen LogP) is 5.26. The van der Waals surface area contributed by atoms with Crippen LogP contribution in [-0.4, -0.2) is 11.8 Å². The first-order valence-electron chi connectivity index (χ1n) is 10.1. The molecular weight excluding hydrogens is 372 g/mol. The normalized spacial score (nSPS) is 13.9. The number of carbonyl (C=O) groups excluding carboxylic acids is 2. The molecule has 3 aromatic carbocycles. The summed E-state index contributed by atoms with van der Waals surface area (Å²) < 4.78 is 0. The molecule has 0 unspecified atom stereocenters. The van der Waals surface area contributed by atoms with Gasteiger partial charge in [0.1, 0.15) is 5.70 Å². The van der Waals surface area contributed by atoms with Crippen LogP contribution in [0.15, 0.2) is 78.5 Å². The first kappa shape index (κ1) is 19.6. The maximum Gasteiger partial charge on any atom is 0.282 e. The molecule has 1 N–H and O–H groups in total. The highest BCUT2D eigenvalue weighted by atomic mass is 16.2. The number of rotatable bonds is 5. The Morgan fingerprint density at radius 1 is 0.800 bits per heavy atom. The first-order valence-corrected chi connectivity index (χ1v) is 10.1. The molecule has 0 saturated heterocycles. The Bertz CT molecular complexity index is 1150.